The quantitative estimate of drug-likeness (QED) is 0.814. The van der Waals surface area contributed by atoms with Crippen molar-refractivity contribution in [1.29, 1.82) is 0 Å². The van der Waals surface area contributed by atoms with Crippen molar-refractivity contribution in [3.05, 3.63) is 29.2 Å². The summed E-state index contributed by atoms with van der Waals surface area (Å²) in [6.07, 6.45) is 2.88. The molecule has 80 valence electrons. The Morgan fingerprint density at radius 2 is 2.20 bits per heavy atom. The van der Waals surface area contributed by atoms with E-state index in [0.717, 1.165) is 30.0 Å². The molecule has 0 spiro atoms. The van der Waals surface area contributed by atoms with E-state index in [9.17, 15) is 0 Å². The average molecular weight is 204 g/mol. The molecular formula is C11H16N4. The van der Waals surface area contributed by atoms with Gasteiger partial charge in [0, 0.05) is 17.0 Å². The fraction of sp³-hybridized carbons (Fsp3) is 0.455. The van der Waals surface area contributed by atoms with Gasteiger partial charge in [0.15, 0.2) is 5.65 Å². The Balaban J connectivity index is 2.49. The minimum absolute atomic E-state index is 0.954. The summed E-state index contributed by atoms with van der Waals surface area (Å²) >= 11 is 0. The first-order chi connectivity index (χ1) is 7.22. The van der Waals surface area contributed by atoms with Crippen LogP contribution in [0.3, 0.4) is 0 Å². The van der Waals surface area contributed by atoms with Crippen LogP contribution in [-0.4, -0.2) is 28.2 Å². The van der Waals surface area contributed by atoms with Crippen molar-refractivity contribution in [2.45, 2.75) is 20.3 Å². The summed E-state index contributed by atoms with van der Waals surface area (Å²) in [6, 6.07) is 2.04. The largest absolute Gasteiger partial charge is 0.319 e. The average Bonchev–Trinajstić information content (AvgIpc) is 2.58. The molecule has 0 saturated carbocycles. The predicted octanol–water partition coefficient (Wildman–Crippen LogP) is 1.11. The Bertz CT molecular complexity index is 473. The fourth-order valence-electron chi connectivity index (χ4n) is 1.75. The van der Waals surface area contributed by atoms with Gasteiger partial charge < -0.3 is 5.32 Å². The Kier molecular flexibility index (Phi) is 2.68. The van der Waals surface area contributed by atoms with E-state index in [2.05, 4.69) is 22.3 Å². The van der Waals surface area contributed by atoms with Gasteiger partial charge in [-0.05, 0) is 39.9 Å². The third kappa shape index (κ3) is 1.85. The van der Waals surface area contributed by atoms with Crippen LogP contribution in [0.2, 0.25) is 0 Å². The highest BCUT2D eigenvalue weighted by Crippen LogP contribution is 2.11. The minimum Gasteiger partial charge on any atom is -0.319 e. The van der Waals surface area contributed by atoms with E-state index in [-0.39, 0.29) is 0 Å². The number of hydrogen-bond donors (Lipinski definition) is 1. The molecular weight excluding hydrogens is 188 g/mol. The van der Waals surface area contributed by atoms with E-state index in [4.69, 9.17) is 0 Å². The van der Waals surface area contributed by atoms with Gasteiger partial charge in [0.05, 0.1) is 6.20 Å². The Hall–Kier alpha value is -1.42. The van der Waals surface area contributed by atoms with Crippen LogP contribution in [0, 0.1) is 13.8 Å². The number of fused-ring (bicyclic) bond motifs is 1. The standard InChI is InChI=1S/C11H16N4/c1-8-6-9(2)15-11(14-8)10(7-13-15)4-5-12-3/h6-7,12H,4-5H2,1-3H3. The molecule has 0 atom stereocenters. The molecule has 0 aliphatic heterocycles. The van der Waals surface area contributed by atoms with E-state index in [0.29, 0.717) is 0 Å². The molecule has 2 rings (SSSR count). The zero-order chi connectivity index (χ0) is 10.8. The Labute approximate surface area is 89.3 Å². The molecule has 15 heavy (non-hydrogen) atoms. The van der Waals surface area contributed by atoms with Gasteiger partial charge in [-0.3, -0.25) is 0 Å². The van der Waals surface area contributed by atoms with Gasteiger partial charge in [-0.25, -0.2) is 9.50 Å². The number of likely N-dealkylation sites (N-methyl/N-ethyl adjacent to an activating group) is 1. The molecule has 2 aromatic rings. The van der Waals surface area contributed by atoms with Crippen molar-refractivity contribution in [3.8, 4) is 0 Å². The highest BCUT2D eigenvalue weighted by molar-refractivity contribution is 5.48. The summed E-state index contributed by atoms with van der Waals surface area (Å²) in [6.45, 7) is 5.02. The molecule has 0 fully saturated rings. The van der Waals surface area contributed by atoms with Gasteiger partial charge in [-0.15, -0.1) is 0 Å². The third-order valence-corrected chi connectivity index (χ3v) is 2.50. The normalized spacial score (nSPS) is 11.1. The lowest BCUT2D eigenvalue weighted by Crippen LogP contribution is -2.10. The molecule has 0 saturated heterocycles. The minimum atomic E-state index is 0.954. The first-order valence-electron chi connectivity index (χ1n) is 5.18. The molecule has 2 aromatic heterocycles. The van der Waals surface area contributed by atoms with Crippen molar-refractivity contribution in [2.24, 2.45) is 0 Å². The van der Waals surface area contributed by atoms with Gasteiger partial charge in [0.1, 0.15) is 0 Å². The van der Waals surface area contributed by atoms with Crippen LogP contribution in [0.25, 0.3) is 5.65 Å². The van der Waals surface area contributed by atoms with Crippen LogP contribution in [0.4, 0.5) is 0 Å². The maximum atomic E-state index is 4.52. The van der Waals surface area contributed by atoms with E-state index in [1.54, 1.807) is 0 Å². The summed E-state index contributed by atoms with van der Waals surface area (Å²) in [7, 11) is 1.95. The maximum absolute atomic E-state index is 4.52. The van der Waals surface area contributed by atoms with Crippen LogP contribution in [-0.2, 0) is 6.42 Å². The Morgan fingerprint density at radius 3 is 2.93 bits per heavy atom. The molecule has 4 nitrogen and oxygen atoms in total. The van der Waals surface area contributed by atoms with Gasteiger partial charge in [-0.1, -0.05) is 0 Å². The molecule has 0 aliphatic rings. The van der Waals surface area contributed by atoms with E-state index < -0.39 is 0 Å². The van der Waals surface area contributed by atoms with Crippen molar-refractivity contribution < 1.29 is 0 Å². The number of rotatable bonds is 3. The van der Waals surface area contributed by atoms with Gasteiger partial charge in [-0.2, -0.15) is 5.10 Å². The lowest BCUT2D eigenvalue weighted by molar-refractivity contribution is 0.793. The van der Waals surface area contributed by atoms with Gasteiger partial charge in [0.25, 0.3) is 0 Å². The number of aromatic nitrogens is 3. The molecule has 0 amide bonds. The summed E-state index contributed by atoms with van der Waals surface area (Å²) in [4.78, 5) is 4.52. The summed E-state index contributed by atoms with van der Waals surface area (Å²) in [5.41, 5.74) is 4.37. The molecule has 1 N–H and O–H groups in total. The van der Waals surface area contributed by atoms with Gasteiger partial charge >= 0.3 is 0 Å². The highest BCUT2D eigenvalue weighted by atomic mass is 15.3. The second-order valence-electron chi connectivity index (χ2n) is 3.80. The number of nitrogens with zero attached hydrogens (tertiary/aromatic N) is 3. The van der Waals surface area contributed by atoms with Crippen LogP contribution < -0.4 is 5.32 Å². The summed E-state index contributed by atoms with van der Waals surface area (Å²) in [5, 5.41) is 7.47. The fourth-order valence-corrected chi connectivity index (χ4v) is 1.75. The third-order valence-electron chi connectivity index (χ3n) is 2.50. The molecule has 4 heteroatoms. The topological polar surface area (TPSA) is 42.2 Å². The predicted molar refractivity (Wildman–Crippen MR) is 60.1 cm³/mol. The molecule has 0 radical (unpaired) electrons. The van der Waals surface area contributed by atoms with E-state index in [1.165, 1.54) is 5.56 Å². The monoisotopic (exact) mass is 204 g/mol. The number of hydrogen-bond acceptors (Lipinski definition) is 3. The molecule has 0 unspecified atom stereocenters. The lowest BCUT2D eigenvalue weighted by Gasteiger charge is -2.02. The lowest BCUT2D eigenvalue weighted by atomic mass is 10.2. The van der Waals surface area contributed by atoms with Gasteiger partial charge in [0.2, 0.25) is 0 Å². The van der Waals surface area contributed by atoms with Crippen molar-refractivity contribution in [1.82, 2.24) is 19.9 Å². The molecule has 2 heterocycles. The van der Waals surface area contributed by atoms with Crippen LogP contribution in [0.1, 0.15) is 17.0 Å². The second kappa shape index (κ2) is 3.98. The van der Waals surface area contributed by atoms with Crippen molar-refractivity contribution in [3.63, 3.8) is 0 Å². The van der Waals surface area contributed by atoms with Crippen LogP contribution >= 0.6 is 0 Å². The van der Waals surface area contributed by atoms with Crippen LogP contribution in [0.5, 0.6) is 0 Å². The molecule has 0 aromatic carbocycles. The van der Waals surface area contributed by atoms with E-state index in [1.807, 2.05) is 30.8 Å². The highest BCUT2D eigenvalue weighted by Gasteiger charge is 2.07. The first kappa shape index (κ1) is 10.1. The molecule has 0 bridgehead atoms. The summed E-state index contributed by atoms with van der Waals surface area (Å²) in [5.74, 6) is 0. The van der Waals surface area contributed by atoms with Crippen LogP contribution in [0.15, 0.2) is 12.3 Å². The smallest absolute Gasteiger partial charge is 0.158 e. The zero-order valence-corrected chi connectivity index (χ0v) is 9.41. The first-order valence-corrected chi connectivity index (χ1v) is 5.18. The molecule has 0 aliphatic carbocycles. The van der Waals surface area contributed by atoms with E-state index >= 15 is 0 Å². The SMILES string of the molecule is CNCCc1cnn2c(C)cc(C)nc12. The van der Waals surface area contributed by atoms with Crippen molar-refractivity contribution >= 4 is 5.65 Å². The summed E-state index contributed by atoms with van der Waals surface area (Å²) < 4.78 is 1.90. The number of aryl methyl sites for hydroxylation is 2. The second-order valence-corrected chi connectivity index (χ2v) is 3.80. The Morgan fingerprint density at radius 1 is 1.40 bits per heavy atom. The maximum Gasteiger partial charge on any atom is 0.158 e. The van der Waals surface area contributed by atoms with Crippen molar-refractivity contribution in [2.75, 3.05) is 13.6 Å². The zero-order valence-electron chi connectivity index (χ0n) is 9.41. The number of nitrogens with one attached hydrogen (secondary N) is 1.